The lowest BCUT2D eigenvalue weighted by molar-refractivity contribution is -0.123. The predicted molar refractivity (Wildman–Crippen MR) is 91.8 cm³/mol. The summed E-state index contributed by atoms with van der Waals surface area (Å²) in [6, 6.07) is 8.29. The molecule has 0 aromatic heterocycles. The molecule has 1 atom stereocenters. The van der Waals surface area contributed by atoms with Gasteiger partial charge in [0.25, 0.3) is 0 Å². The maximum absolute atomic E-state index is 12.1. The number of nitrogens with one attached hydrogen (secondary N) is 2. The van der Waals surface area contributed by atoms with Crippen molar-refractivity contribution in [3.63, 3.8) is 0 Å². The second-order valence-corrected chi connectivity index (χ2v) is 7.22. The standard InChI is InChI=1S/C18H25ClN2O2/c1-13(17(22)21-16-5-6-16)20-12-18(7-9-23-10-8-18)14-3-2-4-15(19)11-14/h2-4,11,13,16,20H,5-10,12H2,1H3,(H,21,22). The van der Waals surface area contributed by atoms with Crippen LogP contribution in [0, 0.1) is 0 Å². The van der Waals surface area contributed by atoms with Crippen molar-refractivity contribution in [3.05, 3.63) is 34.9 Å². The lowest BCUT2D eigenvalue weighted by atomic mass is 9.74. The number of hydrogen-bond acceptors (Lipinski definition) is 3. The minimum Gasteiger partial charge on any atom is -0.381 e. The normalized spacial score (nSPS) is 21.7. The second kappa shape index (κ2) is 7.20. The van der Waals surface area contributed by atoms with Crippen molar-refractivity contribution >= 4 is 17.5 Å². The van der Waals surface area contributed by atoms with E-state index in [0.717, 1.165) is 50.5 Å². The van der Waals surface area contributed by atoms with Crippen LogP contribution in [0.2, 0.25) is 5.02 Å². The van der Waals surface area contributed by atoms with Crippen molar-refractivity contribution in [2.24, 2.45) is 0 Å². The fraction of sp³-hybridized carbons (Fsp3) is 0.611. The molecule has 23 heavy (non-hydrogen) atoms. The third-order valence-electron chi connectivity index (χ3n) is 4.95. The molecule has 0 bridgehead atoms. The number of carbonyl (C=O) groups excluding carboxylic acids is 1. The highest BCUT2D eigenvalue weighted by atomic mass is 35.5. The smallest absolute Gasteiger partial charge is 0.237 e. The van der Waals surface area contributed by atoms with E-state index in [9.17, 15) is 4.79 Å². The first-order valence-electron chi connectivity index (χ1n) is 8.47. The second-order valence-electron chi connectivity index (χ2n) is 6.79. The van der Waals surface area contributed by atoms with Gasteiger partial charge in [0.1, 0.15) is 0 Å². The first-order chi connectivity index (χ1) is 11.1. The number of carbonyl (C=O) groups is 1. The highest BCUT2D eigenvalue weighted by molar-refractivity contribution is 6.30. The largest absolute Gasteiger partial charge is 0.381 e. The van der Waals surface area contributed by atoms with E-state index in [2.05, 4.69) is 16.7 Å². The van der Waals surface area contributed by atoms with E-state index in [1.807, 2.05) is 25.1 Å². The summed E-state index contributed by atoms with van der Waals surface area (Å²) in [4.78, 5) is 12.1. The van der Waals surface area contributed by atoms with Crippen LogP contribution in [0.1, 0.15) is 38.2 Å². The van der Waals surface area contributed by atoms with Crippen LogP contribution in [-0.2, 0) is 14.9 Å². The van der Waals surface area contributed by atoms with E-state index >= 15 is 0 Å². The molecule has 1 unspecified atom stereocenters. The SMILES string of the molecule is CC(NCC1(c2cccc(Cl)c2)CCOCC1)C(=O)NC1CC1. The molecule has 5 heteroatoms. The van der Waals surface area contributed by atoms with E-state index in [0.29, 0.717) is 6.04 Å². The lowest BCUT2D eigenvalue weighted by Crippen LogP contribution is -2.50. The molecule has 2 fully saturated rings. The summed E-state index contributed by atoms with van der Waals surface area (Å²) in [5, 5.41) is 7.25. The molecule has 3 rings (SSSR count). The fourth-order valence-corrected chi connectivity index (χ4v) is 3.33. The monoisotopic (exact) mass is 336 g/mol. The van der Waals surface area contributed by atoms with Gasteiger partial charge in [-0.15, -0.1) is 0 Å². The summed E-state index contributed by atoms with van der Waals surface area (Å²) in [5.74, 6) is 0.0980. The minimum absolute atomic E-state index is 0.0166. The molecule has 2 N–H and O–H groups in total. The van der Waals surface area contributed by atoms with E-state index < -0.39 is 0 Å². The summed E-state index contributed by atoms with van der Waals surface area (Å²) in [6.45, 7) is 4.19. The van der Waals surface area contributed by atoms with Gasteiger partial charge >= 0.3 is 0 Å². The predicted octanol–water partition coefficient (Wildman–Crippen LogP) is 2.64. The third kappa shape index (κ3) is 4.25. The molecule has 2 aliphatic rings. The van der Waals surface area contributed by atoms with E-state index in [-0.39, 0.29) is 17.4 Å². The molecular weight excluding hydrogens is 312 g/mol. The Morgan fingerprint density at radius 2 is 2.13 bits per heavy atom. The van der Waals surface area contributed by atoms with Crippen LogP contribution in [0.25, 0.3) is 0 Å². The molecule has 1 aliphatic carbocycles. The van der Waals surface area contributed by atoms with Crippen molar-refractivity contribution in [2.75, 3.05) is 19.8 Å². The molecule has 1 amide bonds. The lowest BCUT2D eigenvalue weighted by Gasteiger charge is -2.39. The Kier molecular flexibility index (Phi) is 5.24. The molecule has 1 saturated carbocycles. The number of hydrogen-bond donors (Lipinski definition) is 2. The maximum atomic E-state index is 12.1. The van der Waals surface area contributed by atoms with Crippen LogP contribution < -0.4 is 10.6 Å². The van der Waals surface area contributed by atoms with Crippen molar-refractivity contribution in [1.29, 1.82) is 0 Å². The van der Waals surface area contributed by atoms with Crippen molar-refractivity contribution in [3.8, 4) is 0 Å². The first kappa shape index (κ1) is 16.7. The number of benzene rings is 1. The number of amides is 1. The van der Waals surface area contributed by atoms with Gasteiger partial charge in [0.15, 0.2) is 0 Å². The molecule has 1 aliphatic heterocycles. The Morgan fingerprint density at radius 1 is 1.39 bits per heavy atom. The van der Waals surface area contributed by atoms with Gasteiger partial charge in [0.05, 0.1) is 6.04 Å². The summed E-state index contributed by atoms with van der Waals surface area (Å²) in [7, 11) is 0. The molecule has 4 nitrogen and oxygen atoms in total. The van der Waals surface area contributed by atoms with Gasteiger partial charge < -0.3 is 15.4 Å². The Labute approximate surface area is 142 Å². The van der Waals surface area contributed by atoms with Crippen LogP contribution in [0.5, 0.6) is 0 Å². The average Bonchev–Trinajstić information content (AvgIpc) is 3.37. The molecule has 1 aromatic carbocycles. The van der Waals surface area contributed by atoms with Gasteiger partial charge in [-0.2, -0.15) is 0 Å². The van der Waals surface area contributed by atoms with Crippen molar-refractivity contribution in [1.82, 2.24) is 10.6 Å². The Bertz CT molecular complexity index is 554. The highest BCUT2D eigenvalue weighted by Gasteiger charge is 2.35. The van der Waals surface area contributed by atoms with Crippen LogP contribution in [0.15, 0.2) is 24.3 Å². The van der Waals surface area contributed by atoms with Crippen LogP contribution in [0.4, 0.5) is 0 Å². The quantitative estimate of drug-likeness (QED) is 0.839. The molecule has 126 valence electrons. The Morgan fingerprint density at radius 3 is 2.78 bits per heavy atom. The van der Waals surface area contributed by atoms with Crippen LogP contribution in [0.3, 0.4) is 0 Å². The van der Waals surface area contributed by atoms with E-state index in [4.69, 9.17) is 16.3 Å². The average molecular weight is 337 g/mol. The van der Waals surface area contributed by atoms with E-state index in [1.165, 1.54) is 5.56 Å². The zero-order valence-corrected chi connectivity index (χ0v) is 14.4. The number of ether oxygens (including phenoxy) is 1. The van der Waals surface area contributed by atoms with Crippen LogP contribution in [-0.4, -0.2) is 37.7 Å². The molecule has 1 heterocycles. The molecule has 1 saturated heterocycles. The Hall–Kier alpha value is -1.10. The zero-order valence-electron chi connectivity index (χ0n) is 13.6. The minimum atomic E-state index is -0.186. The first-order valence-corrected chi connectivity index (χ1v) is 8.84. The van der Waals surface area contributed by atoms with Gasteiger partial charge in [0, 0.05) is 36.2 Å². The third-order valence-corrected chi connectivity index (χ3v) is 5.19. The molecule has 0 radical (unpaired) electrons. The number of halogens is 1. The van der Waals surface area contributed by atoms with Gasteiger partial charge in [-0.05, 0) is 50.3 Å². The summed E-state index contributed by atoms with van der Waals surface area (Å²) in [5.41, 5.74) is 1.22. The molecule has 0 spiro atoms. The van der Waals surface area contributed by atoms with Gasteiger partial charge in [-0.1, -0.05) is 23.7 Å². The van der Waals surface area contributed by atoms with Crippen molar-refractivity contribution < 1.29 is 9.53 Å². The highest BCUT2D eigenvalue weighted by Crippen LogP contribution is 2.35. The maximum Gasteiger partial charge on any atom is 0.237 e. The number of rotatable bonds is 6. The van der Waals surface area contributed by atoms with Crippen molar-refractivity contribution in [2.45, 2.75) is 50.1 Å². The van der Waals surface area contributed by atoms with Gasteiger partial charge in [0.2, 0.25) is 5.91 Å². The topological polar surface area (TPSA) is 50.4 Å². The summed E-state index contributed by atoms with van der Waals surface area (Å²) >= 11 is 6.19. The van der Waals surface area contributed by atoms with E-state index in [1.54, 1.807) is 0 Å². The zero-order chi connectivity index (χ0) is 16.3. The summed E-state index contributed by atoms with van der Waals surface area (Å²) in [6.07, 6.45) is 4.11. The fourth-order valence-electron chi connectivity index (χ4n) is 3.14. The Balaban J connectivity index is 1.67. The van der Waals surface area contributed by atoms with Gasteiger partial charge in [-0.3, -0.25) is 4.79 Å². The van der Waals surface area contributed by atoms with Crippen LogP contribution >= 0.6 is 11.6 Å². The summed E-state index contributed by atoms with van der Waals surface area (Å²) < 4.78 is 5.55. The molecule has 1 aromatic rings. The molecular formula is C18H25ClN2O2. The van der Waals surface area contributed by atoms with Gasteiger partial charge in [-0.25, -0.2) is 0 Å².